The van der Waals surface area contributed by atoms with Gasteiger partial charge in [0.25, 0.3) is 11.8 Å². The van der Waals surface area contributed by atoms with Crippen LogP contribution in [0.4, 0.5) is 23.2 Å². The first-order valence-corrected chi connectivity index (χ1v) is 9.20. The fraction of sp³-hybridized carbons (Fsp3) is 0.421. The largest absolute Gasteiger partial charge is 0.420 e. The summed E-state index contributed by atoms with van der Waals surface area (Å²) in [6.07, 6.45) is 0.667. The second kappa shape index (κ2) is 8.22. The van der Waals surface area contributed by atoms with Crippen molar-refractivity contribution in [2.24, 2.45) is 11.7 Å². The molecular formula is C19H20F4N4O2. The summed E-state index contributed by atoms with van der Waals surface area (Å²) in [4.78, 5) is 23.9. The number of hydrogen-bond acceptors (Lipinski definition) is 3. The van der Waals surface area contributed by atoms with Crippen molar-refractivity contribution in [1.29, 1.82) is 0 Å². The zero-order valence-corrected chi connectivity index (χ0v) is 15.4. The number of hydrogen-bond donors (Lipinski definition) is 2. The van der Waals surface area contributed by atoms with Gasteiger partial charge < -0.3 is 11.1 Å². The van der Waals surface area contributed by atoms with Gasteiger partial charge >= 0.3 is 6.18 Å². The molecule has 2 aromatic rings. The van der Waals surface area contributed by atoms with Crippen LogP contribution in [-0.4, -0.2) is 21.6 Å². The number of carbonyl (C=O) groups excluding carboxylic acids is 2. The minimum absolute atomic E-state index is 0.0521. The molecule has 1 aromatic carbocycles. The number of nitrogens with two attached hydrogens (primary N) is 1. The Labute approximate surface area is 164 Å². The van der Waals surface area contributed by atoms with Gasteiger partial charge in [0.2, 0.25) is 0 Å². The van der Waals surface area contributed by atoms with Crippen LogP contribution in [0, 0.1) is 11.7 Å². The van der Waals surface area contributed by atoms with E-state index in [-0.39, 0.29) is 18.2 Å². The summed E-state index contributed by atoms with van der Waals surface area (Å²) in [5, 5.41) is 6.08. The first-order valence-electron chi connectivity index (χ1n) is 9.20. The van der Waals surface area contributed by atoms with Crippen LogP contribution in [-0.2, 0) is 12.7 Å². The second-order valence-corrected chi connectivity index (χ2v) is 7.10. The van der Waals surface area contributed by atoms with Gasteiger partial charge in [-0.25, -0.2) is 4.39 Å². The lowest BCUT2D eigenvalue weighted by atomic mass is 9.89. The van der Waals surface area contributed by atoms with Crippen LogP contribution in [0.25, 0.3) is 0 Å². The van der Waals surface area contributed by atoms with Crippen LogP contribution in [0.1, 0.15) is 58.5 Å². The van der Waals surface area contributed by atoms with E-state index < -0.39 is 40.6 Å². The molecule has 6 nitrogen and oxygen atoms in total. The zero-order chi connectivity index (χ0) is 21.2. The summed E-state index contributed by atoms with van der Waals surface area (Å²) in [5.41, 5.74) is 2.77. The Kier molecular flexibility index (Phi) is 5.90. The number of primary amides is 1. The Hall–Kier alpha value is -2.91. The number of benzene rings is 1. The second-order valence-electron chi connectivity index (χ2n) is 7.10. The van der Waals surface area contributed by atoms with E-state index in [0.717, 1.165) is 55.0 Å². The van der Waals surface area contributed by atoms with Gasteiger partial charge in [0.1, 0.15) is 17.1 Å². The lowest BCUT2D eigenvalue weighted by molar-refractivity contribution is -0.138. The van der Waals surface area contributed by atoms with Gasteiger partial charge in [0.05, 0.1) is 11.8 Å². The van der Waals surface area contributed by atoms with E-state index in [1.54, 1.807) is 0 Å². The van der Waals surface area contributed by atoms with Crippen LogP contribution < -0.4 is 11.1 Å². The number of anilines is 1. The molecule has 2 amide bonds. The Morgan fingerprint density at radius 3 is 2.52 bits per heavy atom. The maximum absolute atomic E-state index is 13.6. The quantitative estimate of drug-likeness (QED) is 0.728. The van der Waals surface area contributed by atoms with Crippen molar-refractivity contribution < 1.29 is 27.2 Å². The number of alkyl halides is 3. The summed E-state index contributed by atoms with van der Waals surface area (Å²) in [6.45, 7) is 0.203. The van der Waals surface area contributed by atoms with Gasteiger partial charge in [-0.15, -0.1) is 0 Å². The molecule has 0 spiro atoms. The number of amides is 2. The average molecular weight is 412 g/mol. The molecule has 0 aliphatic heterocycles. The molecule has 1 aromatic heterocycles. The van der Waals surface area contributed by atoms with Gasteiger partial charge in [0, 0.05) is 12.2 Å². The Balaban J connectivity index is 1.91. The molecule has 0 saturated heterocycles. The molecule has 0 atom stereocenters. The molecule has 1 aliphatic rings. The number of aromatic nitrogens is 2. The van der Waals surface area contributed by atoms with Crippen LogP contribution in [0.3, 0.4) is 0 Å². The highest BCUT2D eigenvalue weighted by atomic mass is 19.4. The van der Waals surface area contributed by atoms with Gasteiger partial charge in [-0.2, -0.15) is 18.3 Å². The van der Waals surface area contributed by atoms with Crippen molar-refractivity contribution in [2.75, 3.05) is 5.32 Å². The van der Waals surface area contributed by atoms with Crippen molar-refractivity contribution in [3.8, 4) is 0 Å². The van der Waals surface area contributed by atoms with Crippen LogP contribution in [0.5, 0.6) is 0 Å². The Morgan fingerprint density at radius 2 is 1.90 bits per heavy atom. The highest BCUT2D eigenvalue weighted by Crippen LogP contribution is 2.33. The SMILES string of the molecule is NC(=O)c1cc(NC(=O)c2c(C(F)(F)F)cnn2CC2CCCCC2)ccc1F. The molecule has 1 fully saturated rings. The monoisotopic (exact) mass is 412 g/mol. The van der Waals surface area contributed by atoms with Crippen molar-refractivity contribution in [3.05, 3.63) is 47.0 Å². The van der Waals surface area contributed by atoms with Crippen molar-refractivity contribution in [1.82, 2.24) is 9.78 Å². The molecule has 0 bridgehead atoms. The molecule has 1 aliphatic carbocycles. The maximum Gasteiger partial charge on any atom is 0.420 e. The van der Waals surface area contributed by atoms with Crippen molar-refractivity contribution >= 4 is 17.5 Å². The van der Waals surface area contributed by atoms with E-state index in [1.807, 2.05) is 0 Å². The van der Waals surface area contributed by atoms with E-state index >= 15 is 0 Å². The molecule has 3 N–H and O–H groups in total. The number of carbonyl (C=O) groups is 2. The topological polar surface area (TPSA) is 90.0 Å². The van der Waals surface area contributed by atoms with Gasteiger partial charge in [-0.1, -0.05) is 19.3 Å². The van der Waals surface area contributed by atoms with Crippen molar-refractivity contribution in [2.45, 2.75) is 44.8 Å². The average Bonchev–Trinajstić information content (AvgIpc) is 3.08. The zero-order valence-electron chi connectivity index (χ0n) is 15.4. The lowest BCUT2D eigenvalue weighted by Crippen LogP contribution is -2.25. The van der Waals surface area contributed by atoms with E-state index in [9.17, 15) is 27.2 Å². The number of nitrogens with one attached hydrogen (secondary N) is 1. The number of rotatable bonds is 5. The third-order valence-corrected chi connectivity index (χ3v) is 5.01. The maximum atomic E-state index is 13.6. The lowest BCUT2D eigenvalue weighted by Gasteiger charge is -2.22. The van der Waals surface area contributed by atoms with Gasteiger partial charge in [-0.3, -0.25) is 14.3 Å². The fourth-order valence-electron chi connectivity index (χ4n) is 3.57. The predicted octanol–water partition coefficient (Wildman–Crippen LogP) is 3.97. The molecular weight excluding hydrogens is 392 g/mol. The highest BCUT2D eigenvalue weighted by molar-refractivity contribution is 6.05. The molecule has 156 valence electrons. The van der Waals surface area contributed by atoms with Crippen molar-refractivity contribution in [3.63, 3.8) is 0 Å². The molecule has 1 heterocycles. The minimum atomic E-state index is -4.77. The third kappa shape index (κ3) is 4.75. The first kappa shape index (κ1) is 20.8. The minimum Gasteiger partial charge on any atom is -0.366 e. The number of nitrogens with zero attached hydrogens (tertiary/aromatic N) is 2. The van der Waals surface area contributed by atoms with E-state index in [0.29, 0.717) is 6.20 Å². The molecule has 0 radical (unpaired) electrons. The normalized spacial score (nSPS) is 15.3. The number of halogens is 4. The van der Waals surface area contributed by atoms with Crippen LogP contribution in [0.15, 0.2) is 24.4 Å². The van der Waals surface area contributed by atoms with Crippen LogP contribution in [0.2, 0.25) is 0 Å². The fourth-order valence-corrected chi connectivity index (χ4v) is 3.57. The van der Waals surface area contributed by atoms with Gasteiger partial charge in [-0.05, 0) is 37.0 Å². The summed E-state index contributed by atoms with van der Waals surface area (Å²) in [5.74, 6) is -2.86. The summed E-state index contributed by atoms with van der Waals surface area (Å²) < 4.78 is 54.9. The Morgan fingerprint density at radius 1 is 1.21 bits per heavy atom. The third-order valence-electron chi connectivity index (χ3n) is 5.01. The molecule has 29 heavy (non-hydrogen) atoms. The predicted molar refractivity (Wildman–Crippen MR) is 96.7 cm³/mol. The first-order chi connectivity index (χ1) is 13.7. The van der Waals surface area contributed by atoms with E-state index in [1.165, 1.54) is 0 Å². The molecule has 1 saturated carbocycles. The summed E-state index contributed by atoms with van der Waals surface area (Å²) >= 11 is 0. The Bertz CT molecular complexity index is 917. The molecule has 10 heteroatoms. The summed E-state index contributed by atoms with van der Waals surface area (Å²) in [7, 11) is 0. The smallest absolute Gasteiger partial charge is 0.366 e. The van der Waals surface area contributed by atoms with Gasteiger partial charge in [0.15, 0.2) is 0 Å². The molecule has 3 rings (SSSR count). The molecule has 0 unspecified atom stereocenters. The standard InChI is InChI=1S/C19H20F4N4O2/c20-15-7-6-12(8-13(15)17(24)28)26-18(29)16-14(19(21,22)23)9-25-27(16)10-11-4-2-1-3-5-11/h6-9,11H,1-5,10H2,(H2,24,28)(H,26,29). The van der Waals surface area contributed by atoms with Crippen LogP contribution >= 0.6 is 0 Å². The van der Waals surface area contributed by atoms with E-state index in [4.69, 9.17) is 5.73 Å². The summed E-state index contributed by atoms with van der Waals surface area (Å²) in [6, 6.07) is 3.01. The highest BCUT2D eigenvalue weighted by Gasteiger charge is 2.39. The van der Waals surface area contributed by atoms with E-state index in [2.05, 4.69) is 10.4 Å².